The Balaban J connectivity index is 0.00000400. The first-order chi connectivity index (χ1) is 9.11. The zero-order valence-corrected chi connectivity index (χ0v) is 13.0. The van der Waals surface area contributed by atoms with Gasteiger partial charge in [-0.1, -0.05) is 31.9 Å². The van der Waals surface area contributed by atoms with Gasteiger partial charge in [0.15, 0.2) is 0 Å². The summed E-state index contributed by atoms with van der Waals surface area (Å²) in [5.41, 5.74) is 3.63. The van der Waals surface area contributed by atoms with Crippen LogP contribution in [-0.4, -0.2) is 11.2 Å². The van der Waals surface area contributed by atoms with Crippen molar-refractivity contribution >= 4 is 24.0 Å². The Labute approximate surface area is 131 Å². The minimum absolute atomic E-state index is 0. The fraction of sp³-hybridized carbons (Fsp3) is 0.538. The zero-order chi connectivity index (χ0) is 15.7. The molecule has 0 aromatic heterocycles. The molecule has 122 valence electrons. The number of aliphatic hydroxyl groups is 1. The molecule has 0 aliphatic carbocycles. The van der Waals surface area contributed by atoms with Crippen molar-refractivity contribution in [3.63, 3.8) is 0 Å². The van der Waals surface area contributed by atoms with E-state index in [1.807, 2.05) is 0 Å². The summed E-state index contributed by atoms with van der Waals surface area (Å²) >= 11 is 5.52. The lowest BCUT2D eigenvalue weighted by atomic mass is 9.88. The maximum absolute atomic E-state index is 13.9. The van der Waals surface area contributed by atoms with Crippen molar-refractivity contribution in [2.45, 2.75) is 38.6 Å². The van der Waals surface area contributed by atoms with Crippen LogP contribution in [0.15, 0.2) is 12.1 Å². The summed E-state index contributed by atoms with van der Waals surface area (Å²) in [6.45, 7) is 3.37. The molecule has 0 amide bonds. The summed E-state index contributed by atoms with van der Waals surface area (Å²) in [6, 6.07) is -0.00421. The third kappa shape index (κ3) is 4.45. The molecule has 0 heterocycles. The molecular formula is C13H17Cl2F4NO. The largest absolute Gasteiger partial charge is 0.416 e. The number of hydrogen-bond donors (Lipinski definition) is 2. The Morgan fingerprint density at radius 1 is 1.33 bits per heavy atom. The fourth-order valence-corrected chi connectivity index (χ4v) is 2.07. The zero-order valence-electron chi connectivity index (χ0n) is 11.4. The molecule has 0 saturated carbocycles. The Bertz CT molecular complexity index is 482. The van der Waals surface area contributed by atoms with Crippen LogP contribution in [0.5, 0.6) is 0 Å². The average Bonchev–Trinajstić information content (AvgIpc) is 2.37. The lowest BCUT2D eigenvalue weighted by Gasteiger charge is -2.27. The van der Waals surface area contributed by atoms with Gasteiger partial charge < -0.3 is 10.8 Å². The van der Waals surface area contributed by atoms with Gasteiger partial charge in [-0.25, -0.2) is 4.39 Å². The maximum Gasteiger partial charge on any atom is 0.416 e. The molecule has 2 nitrogen and oxygen atoms in total. The normalized spacial score (nSPS) is 16.0. The number of hydrogen-bond acceptors (Lipinski definition) is 2. The highest BCUT2D eigenvalue weighted by Gasteiger charge is 2.39. The van der Waals surface area contributed by atoms with Crippen molar-refractivity contribution in [2.24, 2.45) is 11.7 Å². The molecule has 3 N–H and O–H groups in total. The molecule has 1 aromatic rings. The lowest BCUT2D eigenvalue weighted by Crippen LogP contribution is -2.34. The van der Waals surface area contributed by atoms with Crippen molar-refractivity contribution in [3.8, 4) is 0 Å². The maximum atomic E-state index is 13.9. The van der Waals surface area contributed by atoms with Gasteiger partial charge in [-0.3, -0.25) is 0 Å². The first kappa shape index (κ1) is 20.4. The van der Waals surface area contributed by atoms with E-state index in [2.05, 4.69) is 0 Å². The highest BCUT2D eigenvalue weighted by Crippen LogP contribution is 2.39. The van der Waals surface area contributed by atoms with Gasteiger partial charge in [0.2, 0.25) is 0 Å². The second-order valence-electron chi connectivity index (χ2n) is 4.72. The van der Waals surface area contributed by atoms with E-state index in [1.54, 1.807) is 13.8 Å². The number of halogens is 6. The molecule has 1 rings (SSSR count). The highest BCUT2D eigenvalue weighted by molar-refractivity contribution is 6.30. The number of nitrogens with two attached hydrogens (primary N) is 1. The van der Waals surface area contributed by atoms with Crippen LogP contribution in [0, 0.1) is 11.7 Å². The second kappa shape index (κ2) is 7.63. The molecule has 0 bridgehead atoms. The summed E-state index contributed by atoms with van der Waals surface area (Å²) in [6.07, 6.45) is -5.57. The van der Waals surface area contributed by atoms with Gasteiger partial charge in [0.1, 0.15) is 5.82 Å². The second-order valence-corrected chi connectivity index (χ2v) is 5.13. The summed E-state index contributed by atoms with van der Waals surface area (Å²) in [5, 5.41) is 9.48. The van der Waals surface area contributed by atoms with Crippen molar-refractivity contribution in [1.82, 2.24) is 0 Å². The Morgan fingerprint density at radius 2 is 1.86 bits per heavy atom. The van der Waals surface area contributed by atoms with Gasteiger partial charge in [0, 0.05) is 5.56 Å². The SMILES string of the molecule is CCC(C)[C@H](O)[C@H](N)c1c(C(F)(F)F)ccc(Cl)c1F.Cl. The molecule has 0 fully saturated rings. The molecule has 8 heteroatoms. The predicted molar refractivity (Wildman–Crippen MR) is 76.1 cm³/mol. The Hall–Kier alpha value is -0.560. The molecule has 21 heavy (non-hydrogen) atoms. The van der Waals surface area contributed by atoms with Crippen molar-refractivity contribution in [2.75, 3.05) is 0 Å². The molecule has 0 aliphatic heterocycles. The van der Waals surface area contributed by atoms with Gasteiger partial charge in [-0.15, -0.1) is 12.4 Å². The first-order valence-corrected chi connectivity index (χ1v) is 6.47. The molecule has 3 atom stereocenters. The quantitative estimate of drug-likeness (QED) is 0.795. The number of alkyl halides is 3. The topological polar surface area (TPSA) is 46.2 Å². The van der Waals surface area contributed by atoms with Crippen molar-refractivity contribution in [3.05, 3.63) is 34.1 Å². The van der Waals surface area contributed by atoms with Crippen LogP contribution in [-0.2, 0) is 6.18 Å². The summed E-state index contributed by atoms with van der Waals surface area (Å²) in [7, 11) is 0. The van der Waals surface area contributed by atoms with E-state index >= 15 is 0 Å². The molecular weight excluding hydrogens is 333 g/mol. The van der Waals surface area contributed by atoms with Crippen LogP contribution in [0.2, 0.25) is 5.02 Å². The Morgan fingerprint density at radius 3 is 2.29 bits per heavy atom. The number of rotatable bonds is 4. The molecule has 0 spiro atoms. The van der Waals surface area contributed by atoms with E-state index in [9.17, 15) is 22.7 Å². The van der Waals surface area contributed by atoms with Crippen LogP contribution in [0.1, 0.15) is 37.4 Å². The van der Waals surface area contributed by atoms with Crippen LogP contribution in [0.4, 0.5) is 17.6 Å². The highest BCUT2D eigenvalue weighted by atomic mass is 35.5. The average molecular weight is 350 g/mol. The van der Waals surface area contributed by atoms with Crippen molar-refractivity contribution < 1.29 is 22.7 Å². The van der Waals surface area contributed by atoms with Crippen molar-refractivity contribution in [1.29, 1.82) is 0 Å². The molecule has 1 unspecified atom stereocenters. The smallest absolute Gasteiger partial charge is 0.391 e. The fourth-order valence-electron chi connectivity index (χ4n) is 1.91. The van der Waals surface area contributed by atoms with Crippen LogP contribution >= 0.6 is 24.0 Å². The van der Waals surface area contributed by atoms with E-state index in [0.717, 1.165) is 6.07 Å². The van der Waals surface area contributed by atoms with E-state index in [-0.39, 0.29) is 18.3 Å². The van der Waals surface area contributed by atoms with Crippen LogP contribution in [0.3, 0.4) is 0 Å². The van der Waals surface area contributed by atoms with E-state index in [0.29, 0.717) is 12.5 Å². The molecule has 1 aromatic carbocycles. The minimum Gasteiger partial charge on any atom is -0.391 e. The van der Waals surface area contributed by atoms with E-state index < -0.39 is 40.3 Å². The van der Waals surface area contributed by atoms with Crippen LogP contribution in [0.25, 0.3) is 0 Å². The van der Waals surface area contributed by atoms with Crippen LogP contribution < -0.4 is 5.73 Å². The number of benzene rings is 1. The monoisotopic (exact) mass is 349 g/mol. The Kier molecular flexibility index (Phi) is 7.42. The lowest BCUT2D eigenvalue weighted by molar-refractivity contribution is -0.139. The number of aliphatic hydroxyl groups excluding tert-OH is 1. The van der Waals surface area contributed by atoms with Gasteiger partial charge in [0.05, 0.1) is 22.7 Å². The van der Waals surface area contributed by atoms with Gasteiger partial charge in [-0.2, -0.15) is 13.2 Å². The molecule has 0 aliphatic rings. The standard InChI is InChI=1S/C13H16ClF4NO.ClH/c1-3-6(2)12(20)11(19)9-7(13(16,17)18)4-5-8(14)10(9)15;/h4-6,11-12,20H,3,19H2,1-2H3;1H/t6?,11-,12+;/m1./s1. The van der Waals surface area contributed by atoms with E-state index in [1.165, 1.54) is 0 Å². The van der Waals surface area contributed by atoms with Gasteiger partial charge >= 0.3 is 6.18 Å². The minimum atomic E-state index is -4.77. The summed E-state index contributed by atoms with van der Waals surface area (Å²) in [5.74, 6) is -1.61. The van der Waals surface area contributed by atoms with E-state index in [4.69, 9.17) is 17.3 Å². The van der Waals surface area contributed by atoms with Gasteiger partial charge in [-0.05, 0) is 18.1 Å². The van der Waals surface area contributed by atoms with Gasteiger partial charge in [0.25, 0.3) is 0 Å². The third-order valence-corrected chi connectivity index (χ3v) is 3.66. The summed E-state index contributed by atoms with van der Waals surface area (Å²) < 4.78 is 52.7. The molecule has 0 saturated heterocycles. The summed E-state index contributed by atoms with van der Waals surface area (Å²) in [4.78, 5) is 0. The third-order valence-electron chi connectivity index (χ3n) is 3.37. The molecule has 0 radical (unpaired) electrons. The predicted octanol–water partition coefficient (Wildman–Crippen LogP) is 4.33. The first-order valence-electron chi connectivity index (χ1n) is 6.10.